The van der Waals surface area contributed by atoms with Crippen molar-refractivity contribution in [2.24, 2.45) is 7.05 Å². The monoisotopic (exact) mass is 396 g/mol. The molecule has 0 bridgehead atoms. The number of thiazole rings is 1. The highest BCUT2D eigenvalue weighted by Gasteiger charge is 2.24. The zero-order valence-corrected chi connectivity index (χ0v) is 17.2. The van der Waals surface area contributed by atoms with Crippen LogP contribution in [0.2, 0.25) is 0 Å². The SMILES string of the molecule is COc1cccc(N2CCN(C(=O)c3csc(-c4ccc(C)n4C)n3)CC2)c1. The molecule has 6 nitrogen and oxygen atoms in total. The highest BCUT2D eigenvalue weighted by molar-refractivity contribution is 7.13. The molecule has 0 spiro atoms. The number of hydrogen-bond acceptors (Lipinski definition) is 5. The fraction of sp³-hybridized carbons (Fsp3) is 0.333. The average molecular weight is 397 g/mol. The predicted molar refractivity (Wildman–Crippen MR) is 112 cm³/mol. The largest absolute Gasteiger partial charge is 0.497 e. The molecule has 0 N–H and O–H groups in total. The van der Waals surface area contributed by atoms with Crippen LogP contribution >= 0.6 is 11.3 Å². The number of carbonyl (C=O) groups is 1. The molecule has 1 saturated heterocycles. The molecule has 3 heterocycles. The normalized spacial score (nSPS) is 14.4. The Balaban J connectivity index is 1.42. The Labute approximate surface area is 169 Å². The van der Waals surface area contributed by atoms with Gasteiger partial charge in [-0.2, -0.15) is 0 Å². The summed E-state index contributed by atoms with van der Waals surface area (Å²) in [5, 5.41) is 2.75. The molecule has 7 heteroatoms. The highest BCUT2D eigenvalue weighted by atomic mass is 32.1. The van der Waals surface area contributed by atoms with Gasteiger partial charge in [0.25, 0.3) is 5.91 Å². The van der Waals surface area contributed by atoms with Crippen molar-refractivity contribution in [2.45, 2.75) is 6.92 Å². The summed E-state index contributed by atoms with van der Waals surface area (Å²) in [6.45, 7) is 5.03. The molecule has 3 aromatic rings. The lowest BCUT2D eigenvalue weighted by molar-refractivity contribution is 0.0741. The number of benzene rings is 1. The third-order valence-electron chi connectivity index (χ3n) is 5.30. The smallest absolute Gasteiger partial charge is 0.273 e. The van der Waals surface area contributed by atoms with Gasteiger partial charge in [-0.3, -0.25) is 4.79 Å². The average Bonchev–Trinajstić information content (AvgIpc) is 3.35. The summed E-state index contributed by atoms with van der Waals surface area (Å²) < 4.78 is 7.41. The first-order chi connectivity index (χ1) is 13.6. The first kappa shape index (κ1) is 18.6. The minimum atomic E-state index is 0.0127. The second-order valence-corrected chi connectivity index (χ2v) is 7.80. The third-order valence-corrected chi connectivity index (χ3v) is 6.17. The number of aryl methyl sites for hydroxylation is 1. The van der Waals surface area contributed by atoms with Crippen LogP contribution < -0.4 is 9.64 Å². The van der Waals surface area contributed by atoms with Gasteiger partial charge in [0, 0.05) is 56.1 Å². The minimum absolute atomic E-state index is 0.0127. The van der Waals surface area contributed by atoms with Gasteiger partial charge in [0.2, 0.25) is 0 Å². The van der Waals surface area contributed by atoms with Crippen LogP contribution in [-0.4, -0.2) is 53.6 Å². The van der Waals surface area contributed by atoms with Gasteiger partial charge in [-0.15, -0.1) is 11.3 Å². The lowest BCUT2D eigenvalue weighted by atomic mass is 10.2. The van der Waals surface area contributed by atoms with Gasteiger partial charge in [-0.05, 0) is 31.2 Å². The maximum atomic E-state index is 12.9. The van der Waals surface area contributed by atoms with Gasteiger partial charge in [0.15, 0.2) is 0 Å². The number of piperazine rings is 1. The van der Waals surface area contributed by atoms with E-state index in [0.29, 0.717) is 18.8 Å². The summed E-state index contributed by atoms with van der Waals surface area (Å²) in [5.41, 5.74) is 3.88. The van der Waals surface area contributed by atoms with Gasteiger partial charge in [0.05, 0.1) is 12.8 Å². The van der Waals surface area contributed by atoms with Crippen LogP contribution in [0, 0.1) is 6.92 Å². The van der Waals surface area contributed by atoms with E-state index in [9.17, 15) is 4.79 Å². The molecule has 0 unspecified atom stereocenters. The van der Waals surface area contributed by atoms with Crippen molar-refractivity contribution < 1.29 is 9.53 Å². The first-order valence-corrected chi connectivity index (χ1v) is 10.2. The molecule has 1 fully saturated rings. The molecule has 1 aromatic carbocycles. The van der Waals surface area contributed by atoms with E-state index in [2.05, 4.69) is 39.6 Å². The molecule has 0 saturated carbocycles. The van der Waals surface area contributed by atoms with Crippen molar-refractivity contribution in [1.82, 2.24) is 14.5 Å². The summed E-state index contributed by atoms with van der Waals surface area (Å²) in [6, 6.07) is 12.2. The molecule has 0 radical (unpaired) electrons. The molecule has 2 aromatic heterocycles. The van der Waals surface area contributed by atoms with Gasteiger partial charge in [-0.1, -0.05) is 6.07 Å². The van der Waals surface area contributed by atoms with E-state index >= 15 is 0 Å². The molecule has 0 aliphatic carbocycles. The van der Waals surface area contributed by atoms with Crippen molar-refractivity contribution in [3.63, 3.8) is 0 Å². The zero-order valence-electron chi connectivity index (χ0n) is 16.4. The van der Waals surface area contributed by atoms with Gasteiger partial charge >= 0.3 is 0 Å². The predicted octanol–water partition coefficient (Wildman–Crippen LogP) is 3.43. The molecule has 1 amide bonds. The van der Waals surface area contributed by atoms with Gasteiger partial charge < -0.3 is 19.1 Å². The second kappa shape index (κ2) is 7.67. The summed E-state index contributed by atoms with van der Waals surface area (Å²) in [5.74, 6) is 0.862. The van der Waals surface area contributed by atoms with Crippen LogP contribution in [0.4, 0.5) is 5.69 Å². The van der Waals surface area contributed by atoms with Crippen LogP contribution in [0.25, 0.3) is 10.7 Å². The van der Waals surface area contributed by atoms with E-state index in [0.717, 1.165) is 35.2 Å². The maximum Gasteiger partial charge on any atom is 0.273 e. The van der Waals surface area contributed by atoms with Crippen LogP contribution in [0.5, 0.6) is 5.75 Å². The highest BCUT2D eigenvalue weighted by Crippen LogP contribution is 2.26. The quantitative estimate of drug-likeness (QED) is 0.678. The molecular formula is C21H24N4O2S. The zero-order chi connectivity index (χ0) is 19.7. The summed E-state index contributed by atoms with van der Waals surface area (Å²) in [6.07, 6.45) is 0. The fourth-order valence-corrected chi connectivity index (χ4v) is 4.31. The van der Waals surface area contributed by atoms with Gasteiger partial charge in [0.1, 0.15) is 16.5 Å². The van der Waals surface area contributed by atoms with Crippen molar-refractivity contribution in [2.75, 3.05) is 38.2 Å². The van der Waals surface area contributed by atoms with Crippen LogP contribution in [-0.2, 0) is 7.05 Å². The van der Waals surface area contributed by atoms with Crippen LogP contribution in [0.1, 0.15) is 16.2 Å². The third kappa shape index (κ3) is 3.49. The lowest BCUT2D eigenvalue weighted by Crippen LogP contribution is -2.48. The van der Waals surface area contributed by atoms with E-state index < -0.39 is 0 Å². The van der Waals surface area contributed by atoms with Gasteiger partial charge in [-0.25, -0.2) is 4.98 Å². The number of carbonyl (C=O) groups excluding carboxylic acids is 1. The van der Waals surface area contributed by atoms with Crippen molar-refractivity contribution in [1.29, 1.82) is 0 Å². The van der Waals surface area contributed by atoms with E-state index in [1.807, 2.05) is 35.5 Å². The Hall–Kier alpha value is -2.80. The molecule has 4 rings (SSSR count). The number of amides is 1. The Kier molecular flexibility index (Phi) is 5.09. The molecule has 28 heavy (non-hydrogen) atoms. The van der Waals surface area contributed by atoms with Crippen LogP contribution in [0.3, 0.4) is 0 Å². The number of rotatable bonds is 4. The standard InChI is InChI=1S/C21H24N4O2S/c1-15-7-8-19(23(15)2)20-22-18(14-28-20)21(26)25-11-9-24(10-12-25)16-5-4-6-17(13-16)27-3/h4-8,13-14H,9-12H2,1-3H3. The molecule has 1 aliphatic rings. The van der Waals surface area contributed by atoms with E-state index in [1.54, 1.807) is 7.11 Å². The van der Waals surface area contributed by atoms with E-state index in [4.69, 9.17) is 4.74 Å². The summed E-state index contributed by atoms with van der Waals surface area (Å²) in [4.78, 5) is 21.7. The number of anilines is 1. The van der Waals surface area contributed by atoms with Crippen molar-refractivity contribution in [3.8, 4) is 16.5 Å². The van der Waals surface area contributed by atoms with Crippen molar-refractivity contribution in [3.05, 3.63) is 53.2 Å². The topological polar surface area (TPSA) is 50.6 Å². The number of ether oxygens (including phenoxy) is 1. The minimum Gasteiger partial charge on any atom is -0.497 e. The Morgan fingerprint density at radius 2 is 1.93 bits per heavy atom. The summed E-state index contributed by atoms with van der Waals surface area (Å²) in [7, 11) is 3.69. The lowest BCUT2D eigenvalue weighted by Gasteiger charge is -2.35. The molecule has 0 atom stereocenters. The van der Waals surface area contributed by atoms with Crippen molar-refractivity contribution >= 4 is 22.9 Å². The Morgan fingerprint density at radius 3 is 2.61 bits per heavy atom. The Morgan fingerprint density at radius 1 is 1.14 bits per heavy atom. The Bertz CT molecular complexity index is 986. The number of aromatic nitrogens is 2. The molecule has 146 valence electrons. The molecule has 1 aliphatic heterocycles. The number of hydrogen-bond donors (Lipinski definition) is 0. The number of nitrogens with zero attached hydrogens (tertiary/aromatic N) is 4. The fourth-order valence-electron chi connectivity index (χ4n) is 3.45. The number of methoxy groups -OCH3 is 1. The molecular weight excluding hydrogens is 372 g/mol. The van der Waals surface area contributed by atoms with E-state index in [1.165, 1.54) is 17.0 Å². The van der Waals surface area contributed by atoms with Crippen LogP contribution in [0.15, 0.2) is 41.8 Å². The van der Waals surface area contributed by atoms with E-state index in [-0.39, 0.29) is 5.91 Å². The summed E-state index contributed by atoms with van der Waals surface area (Å²) >= 11 is 1.52. The maximum absolute atomic E-state index is 12.9. The second-order valence-electron chi connectivity index (χ2n) is 6.94. The first-order valence-electron chi connectivity index (χ1n) is 9.33.